The van der Waals surface area contributed by atoms with Gasteiger partial charge >= 0.3 is 5.97 Å². The zero-order valence-corrected chi connectivity index (χ0v) is 10.8. The maximum absolute atomic E-state index is 11.8. The Morgan fingerprint density at radius 1 is 1.53 bits per heavy atom. The van der Waals surface area contributed by atoms with E-state index in [4.69, 9.17) is 10.3 Å². The predicted octanol–water partition coefficient (Wildman–Crippen LogP) is 2.11. The number of rotatable bonds is 4. The summed E-state index contributed by atoms with van der Waals surface area (Å²) in [5, 5.41) is 3.71. The maximum atomic E-state index is 11.8. The van der Waals surface area contributed by atoms with Gasteiger partial charge in [0.05, 0.1) is 13.2 Å². The summed E-state index contributed by atoms with van der Waals surface area (Å²) < 4.78 is 4.81. The Morgan fingerprint density at radius 2 is 2.26 bits per heavy atom. The summed E-state index contributed by atoms with van der Waals surface area (Å²) in [7, 11) is 1.38. The highest BCUT2D eigenvalue weighted by atomic mass is 16.5. The van der Waals surface area contributed by atoms with Crippen LogP contribution in [0, 0.1) is 0 Å². The van der Waals surface area contributed by atoms with Crippen LogP contribution >= 0.6 is 0 Å². The molecule has 2 rings (SSSR count). The van der Waals surface area contributed by atoms with Crippen molar-refractivity contribution < 1.29 is 9.53 Å². The average molecular weight is 260 g/mol. The number of hydrogen-bond donors (Lipinski definition) is 0. The molecule has 2 atom stereocenters. The molecule has 0 saturated carbocycles. The number of benzene rings is 1. The third-order valence-corrected chi connectivity index (χ3v) is 3.30. The number of azide groups is 1. The monoisotopic (exact) mass is 260 g/mol. The summed E-state index contributed by atoms with van der Waals surface area (Å²) in [6.07, 6.45) is 0.517. The molecule has 6 nitrogen and oxygen atoms in total. The van der Waals surface area contributed by atoms with Crippen molar-refractivity contribution in [2.45, 2.75) is 25.0 Å². The van der Waals surface area contributed by atoms with Crippen LogP contribution in [0.5, 0.6) is 0 Å². The van der Waals surface area contributed by atoms with Crippen LogP contribution in [0.1, 0.15) is 12.0 Å². The van der Waals surface area contributed by atoms with Gasteiger partial charge in [-0.05, 0) is 17.5 Å². The third-order valence-electron chi connectivity index (χ3n) is 3.30. The molecule has 0 unspecified atom stereocenters. The summed E-state index contributed by atoms with van der Waals surface area (Å²) in [5.41, 5.74) is 9.63. The molecule has 1 aromatic rings. The highest BCUT2D eigenvalue weighted by molar-refractivity contribution is 5.76. The van der Waals surface area contributed by atoms with Crippen molar-refractivity contribution in [1.82, 2.24) is 4.90 Å². The van der Waals surface area contributed by atoms with E-state index in [-0.39, 0.29) is 18.1 Å². The van der Waals surface area contributed by atoms with Crippen LogP contribution in [-0.2, 0) is 16.1 Å². The molecule has 1 aliphatic heterocycles. The fourth-order valence-corrected chi connectivity index (χ4v) is 2.41. The molecule has 0 N–H and O–H groups in total. The quantitative estimate of drug-likeness (QED) is 0.360. The SMILES string of the molecule is COC(=O)[C@@H]1C[C@H](N=[N+]=[N-])CN1Cc1ccccc1. The van der Waals surface area contributed by atoms with Crippen molar-refractivity contribution in [3.05, 3.63) is 46.3 Å². The number of nitrogens with zero attached hydrogens (tertiary/aromatic N) is 4. The van der Waals surface area contributed by atoms with Gasteiger partial charge in [-0.1, -0.05) is 35.4 Å². The van der Waals surface area contributed by atoms with E-state index < -0.39 is 0 Å². The summed E-state index contributed by atoms with van der Waals surface area (Å²) in [6.45, 7) is 1.23. The minimum atomic E-state index is -0.333. The van der Waals surface area contributed by atoms with Crippen molar-refractivity contribution in [3.63, 3.8) is 0 Å². The van der Waals surface area contributed by atoms with Gasteiger partial charge in [-0.3, -0.25) is 9.69 Å². The molecule has 1 heterocycles. The minimum absolute atomic E-state index is 0.169. The number of ether oxygens (including phenoxy) is 1. The second kappa shape index (κ2) is 6.22. The number of carbonyl (C=O) groups excluding carboxylic acids is 1. The van der Waals surface area contributed by atoms with Crippen molar-refractivity contribution >= 4 is 5.97 Å². The van der Waals surface area contributed by atoms with E-state index in [0.717, 1.165) is 5.56 Å². The van der Waals surface area contributed by atoms with Crippen LogP contribution in [-0.4, -0.2) is 36.6 Å². The van der Waals surface area contributed by atoms with E-state index in [1.165, 1.54) is 7.11 Å². The van der Waals surface area contributed by atoms with Gasteiger partial charge in [-0.25, -0.2) is 0 Å². The van der Waals surface area contributed by atoms with Crippen molar-refractivity contribution in [2.24, 2.45) is 5.11 Å². The number of likely N-dealkylation sites (tertiary alicyclic amines) is 1. The zero-order valence-electron chi connectivity index (χ0n) is 10.8. The number of esters is 1. The van der Waals surface area contributed by atoms with Crippen LogP contribution in [0.4, 0.5) is 0 Å². The molecular formula is C13H16N4O2. The standard InChI is InChI=1S/C13H16N4O2/c1-19-13(18)12-7-11(15-16-14)9-17(12)8-10-5-3-2-4-6-10/h2-6,11-12H,7-9H2,1H3/t11-,12-/m0/s1. The molecule has 6 heteroatoms. The van der Waals surface area contributed by atoms with Gasteiger partial charge in [0.1, 0.15) is 6.04 Å². The van der Waals surface area contributed by atoms with Gasteiger partial charge in [0, 0.05) is 18.0 Å². The van der Waals surface area contributed by atoms with Crippen molar-refractivity contribution in [3.8, 4) is 0 Å². The summed E-state index contributed by atoms with van der Waals surface area (Å²) in [4.78, 5) is 16.6. The first-order valence-corrected chi connectivity index (χ1v) is 6.14. The molecule has 1 aromatic carbocycles. The van der Waals surface area contributed by atoms with Crippen LogP contribution in [0.15, 0.2) is 35.4 Å². The number of carbonyl (C=O) groups is 1. The largest absolute Gasteiger partial charge is 0.468 e. The second-order valence-corrected chi connectivity index (χ2v) is 4.55. The fraction of sp³-hybridized carbons (Fsp3) is 0.462. The summed E-state index contributed by atoms with van der Waals surface area (Å²) >= 11 is 0. The zero-order chi connectivity index (χ0) is 13.7. The number of hydrogen-bond acceptors (Lipinski definition) is 4. The lowest BCUT2D eigenvalue weighted by molar-refractivity contribution is -0.146. The molecule has 0 aliphatic carbocycles. The topological polar surface area (TPSA) is 78.3 Å². The summed E-state index contributed by atoms with van der Waals surface area (Å²) in [6, 6.07) is 9.39. The molecule has 0 spiro atoms. The molecule has 100 valence electrons. The molecule has 1 fully saturated rings. The van der Waals surface area contributed by atoms with Crippen LogP contribution in [0.25, 0.3) is 10.4 Å². The smallest absolute Gasteiger partial charge is 0.323 e. The first kappa shape index (κ1) is 13.4. The number of methoxy groups -OCH3 is 1. The van der Waals surface area contributed by atoms with Gasteiger partial charge < -0.3 is 4.74 Å². The Labute approximate surface area is 111 Å². The molecule has 19 heavy (non-hydrogen) atoms. The lowest BCUT2D eigenvalue weighted by atomic mass is 10.1. The summed E-state index contributed by atoms with van der Waals surface area (Å²) in [5.74, 6) is -0.272. The second-order valence-electron chi connectivity index (χ2n) is 4.55. The van der Waals surface area contributed by atoms with E-state index in [0.29, 0.717) is 19.5 Å². The van der Waals surface area contributed by atoms with E-state index in [1.54, 1.807) is 0 Å². The molecule has 0 aromatic heterocycles. The van der Waals surface area contributed by atoms with Crippen molar-refractivity contribution in [2.75, 3.05) is 13.7 Å². The molecule has 0 radical (unpaired) electrons. The van der Waals surface area contributed by atoms with E-state index in [2.05, 4.69) is 10.0 Å². The maximum Gasteiger partial charge on any atom is 0.323 e. The fourth-order valence-electron chi connectivity index (χ4n) is 2.41. The predicted molar refractivity (Wildman–Crippen MR) is 70.2 cm³/mol. The average Bonchev–Trinajstić information content (AvgIpc) is 2.82. The Morgan fingerprint density at radius 3 is 2.89 bits per heavy atom. The lowest BCUT2D eigenvalue weighted by Crippen LogP contribution is -2.36. The van der Waals surface area contributed by atoms with Gasteiger partial charge in [0.2, 0.25) is 0 Å². The van der Waals surface area contributed by atoms with Crippen molar-refractivity contribution in [1.29, 1.82) is 0 Å². The first-order valence-electron chi connectivity index (χ1n) is 6.14. The molecule has 1 saturated heterocycles. The highest BCUT2D eigenvalue weighted by Crippen LogP contribution is 2.23. The normalized spacial score (nSPS) is 22.8. The lowest BCUT2D eigenvalue weighted by Gasteiger charge is -2.22. The molecule has 0 bridgehead atoms. The Hall–Kier alpha value is -2.04. The minimum Gasteiger partial charge on any atom is -0.468 e. The van der Waals surface area contributed by atoms with E-state index in [1.807, 2.05) is 35.2 Å². The van der Waals surface area contributed by atoms with Gasteiger partial charge in [-0.15, -0.1) is 0 Å². The third kappa shape index (κ3) is 3.24. The first-order chi connectivity index (χ1) is 9.24. The Kier molecular flexibility index (Phi) is 4.39. The Bertz CT molecular complexity index is 485. The molecule has 0 amide bonds. The Balaban J connectivity index is 2.11. The van der Waals surface area contributed by atoms with Gasteiger partial charge in [-0.2, -0.15) is 0 Å². The van der Waals surface area contributed by atoms with Crippen LogP contribution in [0.3, 0.4) is 0 Å². The van der Waals surface area contributed by atoms with Gasteiger partial charge in [0.25, 0.3) is 0 Å². The highest BCUT2D eigenvalue weighted by Gasteiger charge is 2.36. The molecule has 1 aliphatic rings. The van der Waals surface area contributed by atoms with E-state index in [9.17, 15) is 4.79 Å². The van der Waals surface area contributed by atoms with E-state index >= 15 is 0 Å². The van der Waals surface area contributed by atoms with Gasteiger partial charge in [0.15, 0.2) is 0 Å². The van der Waals surface area contributed by atoms with Crippen LogP contribution in [0.2, 0.25) is 0 Å². The molecular weight excluding hydrogens is 244 g/mol. The van der Waals surface area contributed by atoms with Crippen LogP contribution < -0.4 is 0 Å².